The molecule has 1 aromatic rings. The highest BCUT2D eigenvalue weighted by Gasteiger charge is 2.26. The van der Waals surface area contributed by atoms with Crippen LogP contribution in [-0.2, 0) is 9.84 Å². The van der Waals surface area contributed by atoms with E-state index in [1.54, 1.807) is 0 Å². The van der Waals surface area contributed by atoms with Crippen molar-refractivity contribution in [3.05, 3.63) is 24.3 Å². The SMILES string of the molecule is CS(=O)(=O)c1cc[c]c(OCCC(F)(F)F)c1. The molecule has 1 aromatic carbocycles. The summed E-state index contributed by atoms with van der Waals surface area (Å²) in [6, 6.07) is 6.25. The number of hydrogen-bond acceptors (Lipinski definition) is 3. The Balaban J connectivity index is 2.68. The van der Waals surface area contributed by atoms with Gasteiger partial charge in [-0.3, -0.25) is 0 Å². The van der Waals surface area contributed by atoms with Crippen LogP contribution in [0.2, 0.25) is 0 Å². The van der Waals surface area contributed by atoms with Gasteiger partial charge in [0.2, 0.25) is 0 Å². The van der Waals surface area contributed by atoms with Crippen LogP contribution in [0.25, 0.3) is 0 Å². The highest BCUT2D eigenvalue weighted by molar-refractivity contribution is 7.90. The van der Waals surface area contributed by atoms with E-state index in [1.165, 1.54) is 12.1 Å². The Morgan fingerprint density at radius 1 is 1.41 bits per heavy atom. The molecule has 0 bridgehead atoms. The molecule has 17 heavy (non-hydrogen) atoms. The van der Waals surface area contributed by atoms with Crippen LogP contribution >= 0.6 is 0 Å². The fourth-order valence-corrected chi connectivity index (χ4v) is 1.65. The third-order valence-electron chi connectivity index (χ3n) is 1.82. The number of ether oxygens (including phenoxy) is 1. The third kappa shape index (κ3) is 5.08. The maximum Gasteiger partial charge on any atom is 0.392 e. The van der Waals surface area contributed by atoms with Crippen molar-refractivity contribution in [2.45, 2.75) is 17.5 Å². The van der Waals surface area contributed by atoms with Gasteiger partial charge in [-0.05, 0) is 18.2 Å². The van der Waals surface area contributed by atoms with Gasteiger partial charge >= 0.3 is 6.18 Å². The number of benzene rings is 1. The van der Waals surface area contributed by atoms with Gasteiger partial charge in [-0.1, -0.05) is 0 Å². The maximum atomic E-state index is 11.8. The predicted molar refractivity (Wildman–Crippen MR) is 54.6 cm³/mol. The molecule has 0 atom stereocenters. The normalized spacial score (nSPS) is 12.5. The quantitative estimate of drug-likeness (QED) is 0.840. The Labute approximate surface area is 97.1 Å². The van der Waals surface area contributed by atoms with Crippen LogP contribution in [0.1, 0.15) is 6.42 Å². The lowest BCUT2D eigenvalue weighted by Gasteiger charge is -2.08. The van der Waals surface area contributed by atoms with Crippen molar-refractivity contribution in [2.24, 2.45) is 0 Å². The fraction of sp³-hybridized carbons (Fsp3) is 0.400. The molecule has 0 aromatic heterocycles. The molecule has 1 radical (unpaired) electrons. The van der Waals surface area contributed by atoms with Crippen LogP contribution in [-0.4, -0.2) is 27.5 Å². The molecular weight excluding hydrogens is 257 g/mol. The van der Waals surface area contributed by atoms with Gasteiger partial charge in [0.1, 0.15) is 5.75 Å². The summed E-state index contributed by atoms with van der Waals surface area (Å²) in [5, 5.41) is 0. The summed E-state index contributed by atoms with van der Waals surface area (Å²) < 4.78 is 62.6. The monoisotopic (exact) mass is 267 g/mol. The Bertz CT molecular complexity index is 480. The van der Waals surface area contributed by atoms with Gasteiger partial charge in [0.05, 0.1) is 17.9 Å². The van der Waals surface area contributed by atoms with Gasteiger partial charge in [-0.15, -0.1) is 0 Å². The molecular formula is C10H10F3O3S. The molecule has 0 aliphatic rings. The van der Waals surface area contributed by atoms with Gasteiger partial charge in [-0.25, -0.2) is 8.42 Å². The van der Waals surface area contributed by atoms with Gasteiger partial charge in [0, 0.05) is 12.3 Å². The molecule has 7 heteroatoms. The maximum absolute atomic E-state index is 11.8. The van der Waals surface area contributed by atoms with Crippen molar-refractivity contribution in [1.29, 1.82) is 0 Å². The van der Waals surface area contributed by atoms with E-state index in [1.807, 2.05) is 0 Å². The first kappa shape index (κ1) is 13.8. The lowest BCUT2D eigenvalue weighted by atomic mass is 10.3. The molecule has 3 nitrogen and oxygen atoms in total. The Kier molecular flexibility index (Phi) is 4.03. The summed E-state index contributed by atoms with van der Waals surface area (Å²) in [4.78, 5) is -0.0155. The summed E-state index contributed by atoms with van der Waals surface area (Å²) in [6.07, 6.45) is -4.39. The van der Waals surface area contributed by atoms with Gasteiger partial charge in [0.15, 0.2) is 9.84 Å². The molecule has 0 heterocycles. The molecule has 0 aliphatic heterocycles. The standard InChI is InChI=1S/C10H10F3O3S/c1-17(14,15)9-4-2-3-8(7-9)16-6-5-10(11,12)13/h2,4,7H,5-6H2,1H3. The second-order valence-corrected chi connectivity index (χ2v) is 5.39. The van der Waals surface area contributed by atoms with Crippen molar-refractivity contribution < 1.29 is 26.3 Å². The molecule has 0 aliphatic carbocycles. The average molecular weight is 267 g/mol. The molecule has 0 unspecified atom stereocenters. The number of rotatable bonds is 4. The number of sulfone groups is 1. The molecule has 0 spiro atoms. The van der Waals surface area contributed by atoms with Crippen LogP contribution < -0.4 is 4.74 Å². The van der Waals surface area contributed by atoms with Crippen molar-refractivity contribution in [2.75, 3.05) is 12.9 Å². The van der Waals surface area contributed by atoms with E-state index in [0.717, 1.165) is 12.3 Å². The highest BCUT2D eigenvalue weighted by atomic mass is 32.2. The Morgan fingerprint density at radius 3 is 2.59 bits per heavy atom. The van der Waals surface area contributed by atoms with Gasteiger partial charge in [-0.2, -0.15) is 13.2 Å². The Hall–Kier alpha value is -1.24. The lowest BCUT2D eigenvalue weighted by Crippen LogP contribution is -2.13. The molecule has 0 saturated heterocycles. The van der Waals surface area contributed by atoms with Crippen LogP contribution in [0.5, 0.6) is 5.75 Å². The van der Waals surface area contributed by atoms with E-state index < -0.39 is 29.0 Å². The van der Waals surface area contributed by atoms with E-state index in [0.29, 0.717) is 0 Å². The zero-order chi connectivity index (χ0) is 13.1. The predicted octanol–water partition coefficient (Wildman–Crippen LogP) is 2.22. The minimum absolute atomic E-state index is 0.0155. The summed E-state index contributed by atoms with van der Waals surface area (Å²) in [7, 11) is -3.40. The van der Waals surface area contributed by atoms with Gasteiger partial charge < -0.3 is 4.74 Å². The second-order valence-electron chi connectivity index (χ2n) is 3.37. The molecule has 0 amide bonds. The summed E-state index contributed by atoms with van der Waals surface area (Å²) in [5.41, 5.74) is 0. The Morgan fingerprint density at radius 2 is 2.06 bits per heavy atom. The largest absolute Gasteiger partial charge is 0.493 e. The van der Waals surface area contributed by atoms with Crippen molar-refractivity contribution in [3.63, 3.8) is 0 Å². The van der Waals surface area contributed by atoms with Crippen LogP contribution in [0.3, 0.4) is 0 Å². The van der Waals surface area contributed by atoms with Crippen molar-refractivity contribution in [1.82, 2.24) is 0 Å². The van der Waals surface area contributed by atoms with E-state index in [-0.39, 0.29) is 10.6 Å². The fourth-order valence-electron chi connectivity index (χ4n) is 1.02. The highest BCUT2D eigenvalue weighted by Crippen LogP contribution is 2.21. The van der Waals surface area contributed by atoms with E-state index in [4.69, 9.17) is 4.74 Å². The van der Waals surface area contributed by atoms with E-state index in [2.05, 4.69) is 6.07 Å². The smallest absolute Gasteiger partial charge is 0.392 e. The summed E-state index contributed by atoms with van der Waals surface area (Å²) in [5.74, 6) is -0.0165. The molecule has 0 N–H and O–H groups in total. The first-order chi connectivity index (χ1) is 7.68. The molecule has 1 rings (SSSR count). The first-order valence-electron chi connectivity index (χ1n) is 4.60. The zero-order valence-electron chi connectivity index (χ0n) is 8.91. The molecule has 0 saturated carbocycles. The lowest BCUT2D eigenvalue weighted by molar-refractivity contribution is -0.139. The average Bonchev–Trinajstić information content (AvgIpc) is 2.15. The minimum atomic E-state index is -4.30. The van der Waals surface area contributed by atoms with Crippen LogP contribution in [0.4, 0.5) is 13.2 Å². The third-order valence-corrected chi connectivity index (χ3v) is 2.93. The number of halogens is 3. The molecule has 0 fully saturated rings. The molecule has 95 valence electrons. The van der Waals surface area contributed by atoms with E-state index >= 15 is 0 Å². The zero-order valence-corrected chi connectivity index (χ0v) is 9.73. The second kappa shape index (κ2) is 4.95. The van der Waals surface area contributed by atoms with Gasteiger partial charge in [0.25, 0.3) is 0 Å². The van der Waals surface area contributed by atoms with Crippen LogP contribution in [0, 0.1) is 6.07 Å². The first-order valence-corrected chi connectivity index (χ1v) is 6.49. The van der Waals surface area contributed by atoms with Crippen LogP contribution in [0.15, 0.2) is 23.1 Å². The summed E-state index contributed by atoms with van der Waals surface area (Å²) in [6.45, 7) is -0.562. The number of alkyl halides is 3. The topological polar surface area (TPSA) is 43.4 Å². The van der Waals surface area contributed by atoms with Crippen molar-refractivity contribution in [3.8, 4) is 5.75 Å². The minimum Gasteiger partial charge on any atom is -0.493 e. The van der Waals surface area contributed by atoms with Crippen molar-refractivity contribution >= 4 is 9.84 Å². The number of hydrogen-bond donors (Lipinski definition) is 0. The van der Waals surface area contributed by atoms with E-state index in [9.17, 15) is 21.6 Å². The summed E-state index contributed by atoms with van der Waals surface area (Å²) >= 11 is 0.